The fourth-order valence-electron chi connectivity index (χ4n) is 4.61. The number of morpholine rings is 1. The lowest BCUT2D eigenvalue weighted by molar-refractivity contribution is -0.147. The van der Waals surface area contributed by atoms with Gasteiger partial charge in [0, 0.05) is 32.3 Å². The predicted molar refractivity (Wildman–Crippen MR) is 100 cm³/mol. The molecule has 0 aromatic heterocycles. The summed E-state index contributed by atoms with van der Waals surface area (Å²) in [5.74, 6) is 0.0738. The van der Waals surface area contributed by atoms with Crippen LogP contribution in [0.4, 0.5) is 0 Å². The Kier molecular flexibility index (Phi) is 7.95. The van der Waals surface area contributed by atoms with Crippen LogP contribution in [-0.4, -0.2) is 75.0 Å². The zero-order valence-electron chi connectivity index (χ0n) is 15.5. The summed E-state index contributed by atoms with van der Waals surface area (Å²) in [6.07, 6.45) is 7.68. The van der Waals surface area contributed by atoms with E-state index in [-0.39, 0.29) is 23.9 Å². The average molecular weight is 376 g/mol. The van der Waals surface area contributed by atoms with Gasteiger partial charge in [-0.3, -0.25) is 9.69 Å². The van der Waals surface area contributed by atoms with Crippen molar-refractivity contribution in [2.24, 2.45) is 0 Å². The topological polar surface area (TPSA) is 62.8 Å². The van der Waals surface area contributed by atoms with E-state index in [1.54, 1.807) is 7.11 Å². The van der Waals surface area contributed by atoms with Crippen molar-refractivity contribution >= 4 is 18.3 Å². The Balaban J connectivity index is 0.00000225. The number of rotatable bonds is 5. The van der Waals surface area contributed by atoms with E-state index in [0.29, 0.717) is 0 Å². The number of halogens is 1. The Labute approximate surface area is 157 Å². The molecule has 0 aromatic carbocycles. The number of methoxy groups -OCH3 is 1. The molecule has 2 N–H and O–H groups in total. The largest absolute Gasteiger partial charge is 0.379 e. The second-order valence-electron chi connectivity index (χ2n) is 7.52. The number of nitrogens with zero attached hydrogens (tertiary/aromatic N) is 1. The number of piperidine rings is 1. The molecule has 1 saturated carbocycles. The van der Waals surface area contributed by atoms with Gasteiger partial charge in [-0.25, -0.2) is 0 Å². The highest BCUT2D eigenvalue weighted by molar-refractivity contribution is 5.85. The molecular formula is C18H34ClN3O3. The summed E-state index contributed by atoms with van der Waals surface area (Å²) in [6, 6.07) is 0. The molecule has 1 amide bonds. The van der Waals surface area contributed by atoms with Crippen LogP contribution >= 0.6 is 12.4 Å². The molecule has 2 heterocycles. The highest BCUT2D eigenvalue weighted by Gasteiger charge is 2.43. The van der Waals surface area contributed by atoms with E-state index in [1.165, 1.54) is 32.1 Å². The van der Waals surface area contributed by atoms with Gasteiger partial charge in [0.2, 0.25) is 0 Å². The smallest absolute Gasteiger partial charge is 0.252 e. The van der Waals surface area contributed by atoms with Crippen LogP contribution in [0.2, 0.25) is 0 Å². The summed E-state index contributed by atoms with van der Waals surface area (Å²) in [5, 5.41) is 6.59. The van der Waals surface area contributed by atoms with Gasteiger partial charge in [0.25, 0.3) is 5.91 Å². The first-order valence-corrected chi connectivity index (χ1v) is 9.58. The van der Waals surface area contributed by atoms with E-state index >= 15 is 0 Å². The van der Waals surface area contributed by atoms with Gasteiger partial charge in [-0.2, -0.15) is 0 Å². The molecule has 25 heavy (non-hydrogen) atoms. The minimum Gasteiger partial charge on any atom is -0.379 e. The van der Waals surface area contributed by atoms with Crippen molar-refractivity contribution in [2.75, 3.05) is 53.0 Å². The lowest BCUT2D eigenvalue weighted by atomic mass is 9.79. The summed E-state index contributed by atoms with van der Waals surface area (Å²) in [4.78, 5) is 15.5. The van der Waals surface area contributed by atoms with Gasteiger partial charge in [0.05, 0.1) is 13.2 Å². The van der Waals surface area contributed by atoms with Crippen molar-refractivity contribution in [3.05, 3.63) is 0 Å². The number of ether oxygens (including phenoxy) is 2. The number of hydrogen-bond donors (Lipinski definition) is 2. The number of hydrogen-bond acceptors (Lipinski definition) is 5. The first kappa shape index (κ1) is 20.9. The standard InChI is InChI=1S/C18H33N3O3.ClH/c1-23-18(7-9-19-10-8-18)16(22)20-15-17(5-3-2-4-6-17)21-11-13-24-14-12-21;/h19H,2-15H2,1H3,(H,20,22);1H. The van der Waals surface area contributed by atoms with Crippen LogP contribution in [-0.2, 0) is 14.3 Å². The lowest BCUT2D eigenvalue weighted by Crippen LogP contribution is -2.62. The molecule has 0 spiro atoms. The normalized spacial score (nSPS) is 26.4. The maximum absolute atomic E-state index is 12.9. The van der Waals surface area contributed by atoms with Crippen molar-refractivity contribution in [1.29, 1.82) is 0 Å². The fourth-order valence-corrected chi connectivity index (χ4v) is 4.61. The summed E-state index contributed by atoms with van der Waals surface area (Å²) in [6.45, 7) is 6.01. The molecule has 3 fully saturated rings. The molecule has 7 heteroatoms. The molecule has 3 aliphatic rings. The zero-order valence-corrected chi connectivity index (χ0v) is 16.3. The molecule has 0 bridgehead atoms. The van der Waals surface area contributed by atoms with Crippen molar-refractivity contribution in [3.63, 3.8) is 0 Å². The molecule has 1 aliphatic carbocycles. The van der Waals surface area contributed by atoms with Gasteiger partial charge in [-0.05, 0) is 38.8 Å². The highest BCUT2D eigenvalue weighted by Crippen LogP contribution is 2.34. The minimum absolute atomic E-state index is 0. The molecule has 3 rings (SSSR count). The predicted octanol–water partition coefficient (Wildman–Crippen LogP) is 1.33. The summed E-state index contributed by atoms with van der Waals surface area (Å²) in [5.41, 5.74) is -0.536. The first-order valence-electron chi connectivity index (χ1n) is 9.58. The van der Waals surface area contributed by atoms with E-state index < -0.39 is 5.60 Å². The van der Waals surface area contributed by atoms with Crippen LogP contribution in [0.25, 0.3) is 0 Å². The van der Waals surface area contributed by atoms with Crippen molar-refractivity contribution < 1.29 is 14.3 Å². The second-order valence-corrected chi connectivity index (χ2v) is 7.52. The van der Waals surface area contributed by atoms with Gasteiger partial charge in [0.1, 0.15) is 5.60 Å². The Morgan fingerprint density at radius 2 is 1.76 bits per heavy atom. The monoisotopic (exact) mass is 375 g/mol. The van der Waals surface area contributed by atoms with E-state index in [9.17, 15) is 4.79 Å². The number of amides is 1. The Hall–Kier alpha value is -0.400. The molecule has 146 valence electrons. The van der Waals surface area contributed by atoms with Crippen LogP contribution < -0.4 is 10.6 Å². The molecule has 0 aromatic rings. The zero-order chi connectivity index (χ0) is 16.9. The highest BCUT2D eigenvalue weighted by atomic mass is 35.5. The van der Waals surface area contributed by atoms with Gasteiger partial charge in [-0.1, -0.05) is 19.3 Å². The van der Waals surface area contributed by atoms with Crippen LogP contribution in [0.5, 0.6) is 0 Å². The summed E-state index contributed by atoms with van der Waals surface area (Å²) >= 11 is 0. The third-order valence-corrected chi connectivity index (χ3v) is 6.26. The van der Waals surface area contributed by atoms with E-state index in [4.69, 9.17) is 9.47 Å². The van der Waals surface area contributed by atoms with Gasteiger partial charge in [-0.15, -0.1) is 12.4 Å². The quantitative estimate of drug-likeness (QED) is 0.759. The molecule has 2 aliphatic heterocycles. The molecule has 0 atom stereocenters. The van der Waals surface area contributed by atoms with E-state index in [0.717, 1.165) is 58.8 Å². The molecular weight excluding hydrogens is 342 g/mol. The summed E-state index contributed by atoms with van der Waals surface area (Å²) < 4.78 is 11.2. The second kappa shape index (κ2) is 9.51. The third kappa shape index (κ3) is 4.66. The third-order valence-electron chi connectivity index (χ3n) is 6.26. The molecule has 2 saturated heterocycles. The maximum atomic E-state index is 12.9. The molecule has 0 radical (unpaired) electrons. The van der Waals surface area contributed by atoms with Crippen LogP contribution in [0.3, 0.4) is 0 Å². The lowest BCUT2D eigenvalue weighted by Gasteiger charge is -2.48. The molecule has 0 unspecified atom stereocenters. The van der Waals surface area contributed by atoms with Crippen molar-refractivity contribution in [2.45, 2.75) is 56.1 Å². The van der Waals surface area contributed by atoms with Crippen LogP contribution in [0, 0.1) is 0 Å². The SMILES string of the molecule is COC1(C(=O)NCC2(N3CCOCC3)CCCCC2)CCNCC1.Cl. The number of nitrogens with one attached hydrogen (secondary N) is 2. The Bertz CT molecular complexity index is 418. The Morgan fingerprint density at radius 1 is 1.12 bits per heavy atom. The summed E-state index contributed by atoms with van der Waals surface area (Å²) in [7, 11) is 1.67. The van der Waals surface area contributed by atoms with Gasteiger partial charge < -0.3 is 20.1 Å². The van der Waals surface area contributed by atoms with Gasteiger partial charge in [0.15, 0.2) is 0 Å². The number of carbonyl (C=O) groups excluding carboxylic acids is 1. The first-order chi connectivity index (χ1) is 11.7. The maximum Gasteiger partial charge on any atom is 0.252 e. The Morgan fingerprint density at radius 3 is 2.36 bits per heavy atom. The van der Waals surface area contributed by atoms with Crippen molar-refractivity contribution in [1.82, 2.24) is 15.5 Å². The van der Waals surface area contributed by atoms with E-state index in [1.807, 2.05) is 0 Å². The van der Waals surface area contributed by atoms with Crippen LogP contribution in [0.1, 0.15) is 44.9 Å². The molecule has 6 nitrogen and oxygen atoms in total. The average Bonchev–Trinajstić information content (AvgIpc) is 2.68. The number of carbonyl (C=O) groups is 1. The van der Waals surface area contributed by atoms with E-state index in [2.05, 4.69) is 15.5 Å². The van der Waals surface area contributed by atoms with Gasteiger partial charge >= 0.3 is 0 Å². The van der Waals surface area contributed by atoms with Crippen molar-refractivity contribution in [3.8, 4) is 0 Å². The minimum atomic E-state index is -0.647. The fraction of sp³-hybridized carbons (Fsp3) is 0.944. The van der Waals surface area contributed by atoms with Crippen LogP contribution in [0.15, 0.2) is 0 Å².